The second kappa shape index (κ2) is 9.88. The average Bonchev–Trinajstić information content (AvgIpc) is 3.45. The van der Waals surface area contributed by atoms with E-state index >= 15 is 0 Å². The van der Waals surface area contributed by atoms with E-state index in [0.717, 1.165) is 11.1 Å². The number of hydrogen-bond donors (Lipinski definition) is 1. The Bertz CT molecular complexity index is 1290. The van der Waals surface area contributed by atoms with E-state index in [1.165, 1.54) is 9.80 Å². The summed E-state index contributed by atoms with van der Waals surface area (Å²) in [6.07, 6.45) is 0.178. The molecule has 3 aromatic rings. The van der Waals surface area contributed by atoms with Gasteiger partial charge in [-0.25, -0.2) is 0 Å². The van der Waals surface area contributed by atoms with Crippen molar-refractivity contribution in [3.05, 3.63) is 87.8 Å². The summed E-state index contributed by atoms with van der Waals surface area (Å²) >= 11 is 1.60. The van der Waals surface area contributed by atoms with Gasteiger partial charge in [-0.05, 0) is 57.6 Å². The zero-order chi connectivity index (χ0) is 25.3. The average molecular weight is 489 g/mol. The topological polar surface area (TPSA) is 77.9 Å². The number of aliphatic hydroxyl groups is 1. The van der Waals surface area contributed by atoms with Crippen LogP contribution in [0.2, 0.25) is 0 Å². The molecular weight excluding hydrogens is 460 g/mol. The minimum absolute atomic E-state index is 0.0321. The number of carbonyl (C=O) groups excluding carboxylic acids is 3. The van der Waals surface area contributed by atoms with Crippen molar-refractivity contribution in [2.24, 2.45) is 5.92 Å². The first kappa shape index (κ1) is 24.4. The fourth-order valence-corrected chi connectivity index (χ4v) is 5.01. The zero-order valence-electron chi connectivity index (χ0n) is 20.2. The number of benzene rings is 2. The molecule has 0 spiro atoms. The summed E-state index contributed by atoms with van der Waals surface area (Å²) in [4.78, 5) is 42.6. The molecule has 1 aromatic heterocycles. The van der Waals surface area contributed by atoms with Crippen LogP contribution in [0.25, 0.3) is 11.1 Å². The quantitative estimate of drug-likeness (QED) is 0.467. The molecule has 2 aromatic carbocycles. The number of hydrogen-bond acceptors (Lipinski definition) is 5. The van der Waals surface area contributed by atoms with Crippen molar-refractivity contribution < 1.29 is 19.5 Å². The molecule has 0 fully saturated rings. The number of anilines is 1. The van der Waals surface area contributed by atoms with Crippen LogP contribution in [-0.4, -0.2) is 41.7 Å². The van der Waals surface area contributed by atoms with Gasteiger partial charge in [0.2, 0.25) is 0 Å². The lowest BCUT2D eigenvalue weighted by molar-refractivity contribution is -0.118. The molecule has 0 radical (unpaired) electrons. The summed E-state index contributed by atoms with van der Waals surface area (Å²) in [6.45, 7) is 3.82. The Morgan fingerprint density at radius 1 is 1.03 bits per heavy atom. The van der Waals surface area contributed by atoms with Gasteiger partial charge in [-0.1, -0.05) is 44.2 Å². The van der Waals surface area contributed by atoms with Crippen LogP contribution in [0.3, 0.4) is 0 Å². The van der Waals surface area contributed by atoms with Gasteiger partial charge in [-0.3, -0.25) is 19.3 Å². The van der Waals surface area contributed by atoms with Gasteiger partial charge in [0, 0.05) is 31.8 Å². The first-order valence-electron chi connectivity index (χ1n) is 11.4. The Kier molecular flexibility index (Phi) is 6.89. The second-order valence-electron chi connectivity index (χ2n) is 9.21. The van der Waals surface area contributed by atoms with E-state index < -0.39 is 17.7 Å². The highest BCUT2D eigenvalue weighted by atomic mass is 32.1. The molecule has 2 amide bonds. The van der Waals surface area contributed by atoms with Crippen molar-refractivity contribution in [3.63, 3.8) is 0 Å². The molecule has 1 atom stereocenters. The highest BCUT2D eigenvalue weighted by Crippen LogP contribution is 2.43. The minimum atomic E-state index is -0.916. The largest absolute Gasteiger partial charge is 0.503 e. The van der Waals surface area contributed by atoms with Gasteiger partial charge in [-0.2, -0.15) is 11.3 Å². The smallest absolute Gasteiger partial charge is 0.294 e. The molecule has 1 unspecified atom stereocenters. The standard InChI is InChI=1S/C28H28N2O4S/c1-17(2)15-23(31)24-25(21-7-5-6-8-22(21)27(33)29(3)4)30(28(34)26(24)32)20-11-9-18(10-12-20)19-13-14-35-16-19/h5-14,16-17,25,32H,15H2,1-4H3. The van der Waals surface area contributed by atoms with Crippen LogP contribution >= 0.6 is 11.3 Å². The van der Waals surface area contributed by atoms with Crippen molar-refractivity contribution in [1.82, 2.24) is 4.90 Å². The van der Waals surface area contributed by atoms with E-state index in [1.54, 1.807) is 61.8 Å². The summed E-state index contributed by atoms with van der Waals surface area (Å²) in [5.74, 6) is -1.73. The van der Waals surface area contributed by atoms with Crippen molar-refractivity contribution in [2.75, 3.05) is 19.0 Å². The molecule has 0 bridgehead atoms. The van der Waals surface area contributed by atoms with Crippen LogP contribution in [0.15, 0.2) is 76.7 Å². The minimum Gasteiger partial charge on any atom is -0.503 e. The Labute approximate surface area is 209 Å². The third kappa shape index (κ3) is 4.64. The third-order valence-corrected chi connectivity index (χ3v) is 6.68. The lowest BCUT2D eigenvalue weighted by Crippen LogP contribution is -2.33. The van der Waals surface area contributed by atoms with Gasteiger partial charge >= 0.3 is 0 Å². The first-order chi connectivity index (χ1) is 16.7. The highest BCUT2D eigenvalue weighted by Gasteiger charge is 2.45. The number of Topliss-reactive ketones (excluding diaryl/α,β-unsaturated/α-hetero) is 1. The second-order valence-corrected chi connectivity index (χ2v) is 9.99. The lowest BCUT2D eigenvalue weighted by Gasteiger charge is -2.29. The monoisotopic (exact) mass is 488 g/mol. The van der Waals surface area contributed by atoms with Gasteiger partial charge in [0.05, 0.1) is 11.6 Å². The van der Waals surface area contributed by atoms with Gasteiger partial charge in [0.25, 0.3) is 11.8 Å². The molecule has 1 aliphatic rings. The van der Waals surface area contributed by atoms with E-state index in [1.807, 2.05) is 42.8 Å². The molecule has 35 heavy (non-hydrogen) atoms. The van der Waals surface area contributed by atoms with E-state index in [-0.39, 0.29) is 29.6 Å². The van der Waals surface area contributed by atoms with Crippen LogP contribution in [0.4, 0.5) is 5.69 Å². The molecular formula is C28H28N2O4S. The van der Waals surface area contributed by atoms with Gasteiger partial charge in [-0.15, -0.1) is 0 Å². The molecule has 0 saturated heterocycles. The van der Waals surface area contributed by atoms with Crippen molar-refractivity contribution in [1.29, 1.82) is 0 Å². The Balaban J connectivity index is 1.86. The Morgan fingerprint density at radius 2 is 1.71 bits per heavy atom. The SMILES string of the molecule is CC(C)CC(=O)C1=C(O)C(=O)N(c2ccc(-c3ccsc3)cc2)C1c1ccccc1C(=O)N(C)C. The van der Waals surface area contributed by atoms with Crippen molar-refractivity contribution in [2.45, 2.75) is 26.3 Å². The first-order valence-corrected chi connectivity index (χ1v) is 12.4. The van der Waals surface area contributed by atoms with Crippen LogP contribution in [-0.2, 0) is 9.59 Å². The van der Waals surface area contributed by atoms with Crippen molar-refractivity contribution >= 4 is 34.6 Å². The predicted octanol–water partition coefficient (Wildman–Crippen LogP) is 5.63. The molecule has 180 valence electrons. The van der Waals surface area contributed by atoms with Crippen LogP contribution in [0, 0.1) is 5.92 Å². The summed E-state index contributed by atoms with van der Waals surface area (Å²) in [6, 6.07) is 15.5. The molecule has 1 aliphatic heterocycles. The van der Waals surface area contributed by atoms with E-state index in [0.29, 0.717) is 16.8 Å². The zero-order valence-corrected chi connectivity index (χ0v) is 21.0. The number of aliphatic hydroxyl groups excluding tert-OH is 1. The highest BCUT2D eigenvalue weighted by molar-refractivity contribution is 7.08. The summed E-state index contributed by atoms with van der Waals surface area (Å²) in [7, 11) is 3.30. The summed E-state index contributed by atoms with van der Waals surface area (Å²) in [5, 5.41) is 15.0. The predicted molar refractivity (Wildman–Crippen MR) is 139 cm³/mol. The number of ketones is 1. The molecule has 4 rings (SSSR count). The van der Waals surface area contributed by atoms with E-state index in [4.69, 9.17) is 0 Å². The molecule has 7 heteroatoms. The van der Waals surface area contributed by atoms with Crippen molar-refractivity contribution in [3.8, 4) is 11.1 Å². The Hall–Kier alpha value is -3.71. The molecule has 0 aliphatic carbocycles. The normalized spacial score (nSPS) is 15.7. The van der Waals surface area contributed by atoms with Crippen LogP contribution < -0.4 is 4.90 Å². The molecule has 1 N–H and O–H groups in total. The summed E-state index contributed by atoms with van der Waals surface area (Å²) in [5.41, 5.74) is 3.50. The fraction of sp³-hybridized carbons (Fsp3) is 0.250. The van der Waals surface area contributed by atoms with Crippen LogP contribution in [0.5, 0.6) is 0 Å². The lowest BCUT2D eigenvalue weighted by atomic mass is 9.89. The van der Waals surface area contributed by atoms with Gasteiger partial charge < -0.3 is 10.0 Å². The number of carbonyl (C=O) groups is 3. The summed E-state index contributed by atoms with van der Waals surface area (Å²) < 4.78 is 0. The fourth-order valence-electron chi connectivity index (χ4n) is 4.35. The van der Waals surface area contributed by atoms with Gasteiger partial charge in [0.15, 0.2) is 11.5 Å². The van der Waals surface area contributed by atoms with Gasteiger partial charge in [0.1, 0.15) is 0 Å². The maximum atomic E-state index is 13.4. The molecule has 2 heterocycles. The maximum Gasteiger partial charge on any atom is 0.294 e. The third-order valence-electron chi connectivity index (χ3n) is 5.99. The maximum absolute atomic E-state index is 13.4. The Morgan fingerprint density at radius 3 is 2.31 bits per heavy atom. The number of rotatable bonds is 7. The number of thiophene rings is 1. The molecule has 0 saturated carbocycles. The number of nitrogens with zero attached hydrogens (tertiary/aromatic N) is 2. The number of amides is 2. The molecule has 6 nitrogen and oxygen atoms in total. The van der Waals surface area contributed by atoms with Crippen LogP contribution in [0.1, 0.15) is 42.2 Å². The van der Waals surface area contributed by atoms with E-state index in [2.05, 4.69) is 0 Å². The van der Waals surface area contributed by atoms with E-state index in [9.17, 15) is 19.5 Å².